The smallest absolute Gasteiger partial charge is 0.244 e. The molecule has 3 heteroatoms. The van der Waals surface area contributed by atoms with E-state index in [0.717, 1.165) is 43.7 Å². The number of hydrogen-bond acceptors (Lipinski definition) is 2. The maximum absolute atomic E-state index is 12.3. The van der Waals surface area contributed by atoms with Gasteiger partial charge in [-0.25, -0.2) is 0 Å². The molecule has 1 rings (SSSR count). The highest BCUT2D eigenvalue weighted by atomic mass is 16.1. The summed E-state index contributed by atoms with van der Waals surface area (Å²) in [7, 11) is 0. The van der Waals surface area contributed by atoms with Gasteiger partial charge >= 0.3 is 0 Å². The number of likely N-dealkylation sites (tertiary alicyclic amines) is 1. The lowest BCUT2D eigenvalue weighted by Crippen LogP contribution is -2.47. The van der Waals surface area contributed by atoms with Crippen molar-refractivity contribution < 1.29 is 4.79 Å². The first kappa shape index (κ1) is 27.2. The highest BCUT2D eigenvalue weighted by Crippen LogP contribution is 2.22. The Kier molecular flexibility index (Phi) is 14.4. The predicted molar refractivity (Wildman–Crippen MR) is 132 cm³/mol. The second-order valence-corrected chi connectivity index (χ2v) is 10.6. The van der Waals surface area contributed by atoms with E-state index in [0.29, 0.717) is 6.04 Å². The van der Waals surface area contributed by atoms with Crippen LogP contribution in [0.3, 0.4) is 0 Å². The van der Waals surface area contributed by atoms with Gasteiger partial charge in [0.15, 0.2) is 0 Å². The van der Waals surface area contributed by atoms with Crippen molar-refractivity contribution in [2.75, 3.05) is 19.6 Å². The van der Waals surface area contributed by atoms with Crippen LogP contribution in [0.25, 0.3) is 0 Å². The minimum Gasteiger partial charge on any atom is -0.349 e. The zero-order valence-corrected chi connectivity index (χ0v) is 21.1. The van der Waals surface area contributed by atoms with Gasteiger partial charge in [0.2, 0.25) is 5.91 Å². The standard InChI is InChI=1S/C27H52N2O/c1-7-29-19-11-18-26(21-29)28-27(30)20-25(6)17-10-16-24(5)15-9-14-23(4)13-8-12-22(2)3/h20,22-24,26H,7-19,21H2,1-6H3,(H,28,30). The van der Waals surface area contributed by atoms with Crippen molar-refractivity contribution in [3.8, 4) is 0 Å². The van der Waals surface area contributed by atoms with Crippen molar-refractivity contribution >= 4 is 5.91 Å². The third kappa shape index (κ3) is 13.5. The number of allylic oxidation sites excluding steroid dienone is 1. The summed E-state index contributed by atoms with van der Waals surface area (Å²) in [4.78, 5) is 14.8. The lowest BCUT2D eigenvalue weighted by molar-refractivity contribution is -0.117. The average Bonchev–Trinajstić information content (AvgIpc) is 2.67. The van der Waals surface area contributed by atoms with Crippen LogP contribution in [0.1, 0.15) is 112 Å². The van der Waals surface area contributed by atoms with Gasteiger partial charge in [0.25, 0.3) is 0 Å². The zero-order valence-electron chi connectivity index (χ0n) is 21.1. The van der Waals surface area contributed by atoms with Crippen LogP contribution in [-0.4, -0.2) is 36.5 Å². The molecule has 1 aliphatic rings. The summed E-state index contributed by atoms with van der Waals surface area (Å²) in [6.07, 6.45) is 16.0. The molecule has 1 heterocycles. The molecule has 176 valence electrons. The van der Waals surface area contributed by atoms with Crippen LogP contribution in [-0.2, 0) is 4.79 Å². The largest absolute Gasteiger partial charge is 0.349 e. The van der Waals surface area contributed by atoms with E-state index in [1.165, 1.54) is 69.9 Å². The van der Waals surface area contributed by atoms with Crippen molar-refractivity contribution in [3.05, 3.63) is 11.6 Å². The maximum Gasteiger partial charge on any atom is 0.244 e. The number of hydrogen-bond donors (Lipinski definition) is 1. The van der Waals surface area contributed by atoms with Crippen LogP contribution in [0, 0.1) is 17.8 Å². The van der Waals surface area contributed by atoms with E-state index in [9.17, 15) is 4.79 Å². The molecule has 3 atom stereocenters. The fraction of sp³-hybridized carbons (Fsp3) is 0.889. The van der Waals surface area contributed by atoms with Gasteiger partial charge in [0.1, 0.15) is 0 Å². The number of piperidine rings is 1. The molecule has 0 radical (unpaired) electrons. The van der Waals surface area contributed by atoms with E-state index in [2.05, 4.69) is 51.8 Å². The van der Waals surface area contributed by atoms with Gasteiger partial charge in [-0.1, -0.05) is 85.1 Å². The fourth-order valence-electron chi connectivity index (χ4n) is 4.71. The molecule has 0 spiro atoms. The molecule has 30 heavy (non-hydrogen) atoms. The Morgan fingerprint density at radius 3 is 2.20 bits per heavy atom. The Bertz CT molecular complexity index is 485. The summed E-state index contributed by atoms with van der Waals surface area (Å²) < 4.78 is 0. The molecule has 0 aromatic rings. The molecule has 0 bridgehead atoms. The van der Waals surface area contributed by atoms with Crippen molar-refractivity contribution in [2.45, 2.75) is 118 Å². The van der Waals surface area contributed by atoms with Crippen molar-refractivity contribution in [1.82, 2.24) is 10.2 Å². The van der Waals surface area contributed by atoms with Crippen LogP contribution < -0.4 is 5.32 Å². The number of rotatable bonds is 15. The minimum atomic E-state index is 0.106. The topological polar surface area (TPSA) is 32.3 Å². The summed E-state index contributed by atoms with van der Waals surface area (Å²) >= 11 is 0. The normalized spacial score (nSPS) is 20.4. The van der Waals surface area contributed by atoms with Crippen LogP contribution in [0.15, 0.2) is 11.6 Å². The molecule has 1 saturated heterocycles. The van der Waals surface area contributed by atoms with E-state index in [-0.39, 0.29) is 5.91 Å². The van der Waals surface area contributed by atoms with E-state index in [1.807, 2.05) is 6.08 Å². The van der Waals surface area contributed by atoms with E-state index >= 15 is 0 Å². The quantitative estimate of drug-likeness (QED) is 0.290. The lowest BCUT2D eigenvalue weighted by Gasteiger charge is -2.32. The van der Waals surface area contributed by atoms with Gasteiger partial charge in [-0.2, -0.15) is 0 Å². The highest BCUT2D eigenvalue weighted by molar-refractivity contribution is 5.88. The number of likely N-dealkylation sites (N-methyl/N-ethyl adjacent to an activating group) is 1. The Labute approximate surface area is 188 Å². The third-order valence-electron chi connectivity index (χ3n) is 6.82. The van der Waals surface area contributed by atoms with Gasteiger partial charge in [-0.05, 0) is 63.5 Å². The number of carbonyl (C=O) groups is 1. The molecule has 1 amide bonds. The van der Waals surface area contributed by atoms with Gasteiger partial charge < -0.3 is 10.2 Å². The molecule has 1 N–H and O–H groups in total. The van der Waals surface area contributed by atoms with Crippen LogP contribution >= 0.6 is 0 Å². The molecular weight excluding hydrogens is 368 g/mol. The molecule has 0 aliphatic carbocycles. The monoisotopic (exact) mass is 420 g/mol. The lowest BCUT2D eigenvalue weighted by atomic mass is 9.91. The SMILES string of the molecule is CCN1CCCC(NC(=O)C=C(C)CCCC(C)CCCC(C)CCCC(C)C)C1. The second-order valence-electron chi connectivity index (χ2n) is 10.6. The van der Waals surface area contributed by atoms with Crippen molar-refractivity contribution in [3.63, 3.8) is 0 Å². The van der Waals surface area contributed by atoms with Gasteiger partial charge in [-0.3, -0.25) is 4.79 Å². The van der Waals surface area contributed by atoms with Crippen LogP contribution in [0.2, 0.25) is 0 Å². The summed E-state index contributed by atoms with van der Waals surface area (Å²) in [5, 5.41) is 3.22. The van der Waals surface area contributed by atoms with Crippen molar-refractivity contribution in [2.24, 2.45) is 17.8 Å². The van der Waals surface area contributed by atoms with Gasteiger partial charge in [-0.15, -0.1) is 0 Å². The Hall–Kier alpha value is -0.830. The average molecular weight is 421 g/mol. The maximum atomic E-state index is 12.3. The van der Waals surface area contributed by atoms with Crippen LogP contribution in [0.5, 0.6) is 0 Å². The fourth-order valence-corrected chi connectivity index (χ4v) is 4.71. The number of amides is 1. The molecule has 3 nitrogen and oxygen atoms in total. The first-order valence-corrected chi connectivity index (χ1v) is 13.0. The Morgan fingerprint density at radius 2 is 1.60 bits per heavy atom. The number of nitrogens with one attached hydrogen (secondary N) is 1. The van der Waals surface area contributed by atoms with E-state index in [4.69, 9.17) is 0 Å². The second kappa shape index (κ2) is 15.9. The first-order valence-electron chi connectivity index (χ1n) is 13.0. The summed E-state index contributed by atoms with van der Waals surface area (Å²) in [5.41, 5.74) is 1.22. The minimum absolute atomic E-state index is 0.106. The Balaban J connectivity index is 2.12. The third-order valence-corrected chi connectivity index (χ3v) is 6.82. The number of nitrogens with zero attached hydrogens (tertiary/aromatic N) is 1. The van der Waals surface area contributed by atoms with E-state index < -0.39 is 0 Å². The molecule has 0 aromatic carbocycles. The number of carbonyl (C=O) groups excluding carboxylic acids is 1. The molecule has 0 aromatic heterocycles. The first-order chi connectivity index (χ1) is 14.3. The van der Waals surface area contributed by atoms with Crippen molar-refractivity contribution in [1.29, 1.82) is 0 Å². The molecule has 1 aliphatic heterocycles. The zero-order chi connectivity index (χ0) is 22.4. The molecule has 0 saturated carbocycles. The molecule has 1 fully saturated rings. The summed E-state index contributed by atoms with van der Waals surface area (Å²) in [6.45, 7) is 17.0. The molecule has 3 unspecified atom stereocenters. The summed E-state index contributed by atoms with van der Waals surface area (Å²) in [6, 6.07) is 0.322. The highest BCUT2D eigenvalue weighted by Gasteiger charge is 2.19. The summed E-state index contributed by atoms with van der Waals surface area (Å²) in [5.74, 6) is 2.64. The van der Waals surface area contributed by atoms with E-state index in [1.54, 1.807) is 0 Å². The Morgan fingerprint density at radius 1 is 1.00 bits per heavy atom. The predicted octanol–water partition coefficient (Wildman–Crippen LogP) is 6.97. The molecular formula is C27H52N2O. The van der Waals surface area contributed by atoms with Gasteiger partial charge in [0, 0.05) is 18.7 Å². The van der Waals surface area contributed by atoms with Gasteiger partial charge in [0.05, 0.1) is 0 Å². The van der Waals surface area contributed by atoms with Crippen LogP contribution in [0.4, 0.5) is 0 Å².